The van der Waals surface area contributed by atoms with E-state index in [1.807, 2.05) is 19.1 Å². The largest absolute Gasteiger partial charge is 0.494 e. The molecule has 0 radical (unpaired) electrons. The normalized spacial score (nSPS) is 17.4. The van der Waals surface area contributed by atoms with Crippen molar-refractivity contribution in [1.29, 1.82) is 0 Å². The van der Waals surface area contributed by atoms with E-state index in [2.05, 4.69) is 60.0 Å². The van der Waals surface area contributed by atoms with Gasteiger partial charge in [-0.3, -0.25) is 9.89 Å². The third-order valence-corrected chi connectivity index (χ3v) is 5.33. The number of nitrogens with zero attached hydrogens (tertiary/aromatic N) is 4. The molecule has 0 saturated carbocycles. The number of aliphatic imine (C=N–C) groups is 1. The lowest BCUT2D eigenvalue weighted by Crippen LogP contribution is -2.50. The van der Waals surface area contributed by atoms with Crippen LogP contribution in [-0.4, -0.2) is 86.2 Å². The zero-order valence-corrected chi connectivity index (χ0v) is 18.4. The molecule has 1 aromatic carbocycles. The minimum absolute atomic E-state index is 0.464. The van der Waals surface area contributed by atoms with Crippen LogP contribution in [0.3, 0.4) is 0 Å². The Balaban J connectivity index is 1.91. The molecule has 1 heterocycles. The standard InChI is InChI=1S/C22H39N5O/c1-6-23-22(24-17-19(4)27-15-13-26(7-2)14-16-27)25(5)18-20-9-11-21(12-10-20)28-8-3/h9-12,19H,6-8,13-18H2,1-5H3,(H,23,24). The van der Waals surface area contributed by atoms with Crippen molar-refractivity contribution < 1.29 is 4.74 Å². The van der Waals surface area contributed by atoms with Crippen LogP contribution in [-0.2, 0) is 6.54 Å². The summed E-state index contributed by atoms with van der Waals surface area (Å²) in [5.41, 5.74) is 1.25. The molecule has 1 aliphatic heterocycles. The Morgan fingerprint density at radius 3 is 2.39 bits per heavy atom. The molecule has 0 amide bonds. The smallest absolute Gasteiger partial charge is 0.194 e. The van der Waals surface area contributed by atoms with Gasteiger partial charge in [-0.25, -0.2) is 0 Å². The van der Waals surface area contributed by atoms with E-state index in [1.54, 1.807) is 0 Å². The van der Waals surface area contributed by atoms with Crippen molar-refractivity contribution in [3.63, 3.8) is 0 Å². The molecule has 158 valence electrons. The molecule has 6 nitrogen and oxygen atoms in total. The van der Waals surface area contributed by atoms with E-state index in [4.69, 9.17) is 9.73 Å². The van der Waals surface area contributed by atoms with E-state index < -0.39 is 0 Å². The fraction of sp³-hybridized carbons (Fsp3) is 0.682. The van der Waals surface area contributed by atoms with Crippen molar-refractivity contribution in [3.05, 3.63) is 29.8 Å². The number of ether oxygens (including phenoxy) is 1. The fourth-order valence-electron chi connectivity index (χ4n) is 3.53. The van der Waals surface area contributed by atoms with Gasteiger partial charge in [0.2, 0.25) is 0 Å². The Hall–Kier alpha value is -1.79. The van der Waals surface area contributed by atoms with Crippen molar-refractivity contribution in [1.82, 2.24) is 20.0 Å². The predicted octanol–water partition coefficient (Wildman–Crippen LogP) is 2.51. The Bertz CT molecular complexity index is 581. The molecule has 2 rings (SSSR count). The lowest BCUT2D eigenvalue weighted by atomic mass is 10.2. The molecule has 6 heteroatoms. The molecule has 28 heavy (non-hydrogen) atoms. The van der Waals surface area contributed by atoms with Crippen LogP contribution in [0.4, 0.5) is 0 Å². The van der Waals surface area contributed by atoms with Gasteiger partial charge in [0.05, 0.1) is 13.2 Å². The minimum atomic E-state index is 0.464. The van der Waals surface area contributed by atoms with Crippen LogP contribution in [0.15, 0.2) is 29.3 Å². The van der Waals surface area contributed by atoms with Gasteiger partial charge < -0.3 is 19.9 Å². The van der Waals surface area contributed by atoms with Crippen LogP contribution in [0, 0.1) is 0 Å². The third kappa shape index (κ3) is 6.99. The number of hydrogen-bond acceptors (Lipinski definition) is 4. The van der Waals surface area contributed by atoms with Crippen LogP contribution in [0.2, 0.25) is 0 Å². The van der Waals surface area contributed by atoms with Crippen molar-refractivity contribution >= 4 is 5.96 Å². The van der Waals surface area contributed by atoms with Gasteiger partial charge in [0.1, 0.15) is 5.75 Å². The topological polar surface area (TPSA) is 43.3 Å². The summed E-state index contributed by atoms with van der Waals surface area (Å²) in [5, 5.41) is 3.43. The highest BCUT2D eigenvalue weighted by atomic mass is 16.5. The minimum Gasteiger partial charge on any atom is -0.494 e. The first-order valence-corrected chi connectivity index (χ1v) is 10.7. The molecule has 0 aromatic heterocycles. The summed E-state index contributed by atoms with van der Waals surface area (Å²) in [6, 6.07) is 8.79. The second-order valence-electron chi connectivity index (χ2n) is 7.45. The summed E-state index contributed by atoms with van der Waals surface area (Å²) < 4.78 is 5.53. The number of piperazine rings is 1. The number of guanidine groups is 1. The average molecular weight is 390 g/mol. The Kier molecular flexibility index (Phi) is 9.58. The second-order valence-corrected chi connectivity index (χ2v) is 7.45. The first-order valence-electron chi connectivity index (χ1n) is 10.7. The molecule has 0 aliphatic carbocycles. The fourth-order valence-corrected chi connectivity index (χ4v) is 3.53. The lowest BCUT2D eigenvalue weighted by Gasteiger charge is -2.37. The second kappa shape index (κ2) is 11.9. The maximum atomic E-state index is 5.53. The van der Waals surface area contributed by atoms with Gasteiger partial charge in [0.25, 0.3) is 0 Å². The molecular weight excluding hydrogens is 350 g/mol. The van der Waals surface area contributed by atoms with Crippen molar-refractivity contribution in [2.24, 2.45) is 4.99 Å². The van der Waals surface area contributed by atoms with Crippen LogP contribution in [0.25, 0.3) is 0 Å². The zero-order chi connectivity index (χ0) is 20.4. The first-order chi connectivity index (χ1) is 13.6. The molecule has 1 unspecified atom stereocenters. The maximum absolute atomic E-state index is 5.53. The summed E-state index contributed by atoms with van der Waals surface area (Å²) in [6.07, 6.45) is 0. The van der Waals surface area contributed by atoms with E-state index in [0.29, 0.717) is 12.6 Å². The Morgan fingerprint density at radius 2 is 1.82 bits per heavy atom. The number of benzene rings is 1. The zero-order valence-electron chi connectivity index (χ0n) is 18.4. The summed E-state index contributed by atoms with van der Waals surface area (Å²) in [5.74, 6) is 1.89. The van der Waals surface area contributed by atoms with Crippen molar-refractivity contribution in [3.8, 4) is 5.75 Å². The van der Waals surface area contributed by atoms with Gasteiger partial charge in [0.15, 0.2) is 5.96 Å². The van der Waals surface area contributed by atoms with E-state index >= 15 is 0 Å². The highest BCUT2D eigenvalue weighted by Crippen LogP contribution is 2.13. The molecular formula is C22H39N5O. The van der Waals surface area contributed by atoms with E-state index in [-0.39, 0.29) is 0 Å². The number of nitrogens with one attached hydrogen (secondary N) is 1. The van der Waals surface area contributed by atoms with Crippen LogP contribution in [0.1, 0.15) is 33.3 Å². The monoisotopic (exact) mass is 389 g/mol. The van der Waals surface area contributed by atoms with E-state index in [1.165, 1.54) is 18.7 Å². The lowest BCUT2D eigenvalue weighted by molar-refractivity contribution is 0.109. The van der Waals surface area contributed by atoms with Gasteiger partial charge in [0, 0.05) is 52.4 Å². The van der Waals surface area contributed by atoms with Crippen molar-refractivity contribution in [2.75, 3.05) is 59.5 Å². The quantitative estimate of drug-likeness (QED) is 0.519. The average Bonchev–Trinajstić information content (AvgIpc) is 2.72. The molecule has 1 aliphatic rings. The number of likely N-dealkylation sites (N-methyl/N-ethyl adjacent to an activating group) is 1. The van der Waals surface area contributed by atoms with Gasteiger partial charge in [-0.05, 0) is 45.0 Å². The molecule has 1 saturated heterocycles. The molecule has 1 atom stereocenters. The highest BCUT2D eigenvalue weighted by Gasteiger charge is 2.20. The van der Waals surface area contributed by atoms with Gasteiger partial charge in [-0.15, -0.1) is 0 Å². The molecule has 1 aromatic rings. The molecule has 0 bridgehead atoms. The first kappa shape index (κ1) is 22.5. The van der Waals surface area contributed by atoms with Gasteiger partial charge >= 0.3 is 0 Å². The summed E-state index contributed by atoms with van der Waals surface area (Å²) >= 11 is 0. The van der Waals surface area contributed by atoms with E-state index in [9.17, 15) is 0 Å². The van der Waals surface area contributed by atoms with Gasteiger partial charge in [-0.1, -0.05) is 19.1 Å². The third-order valence-electron chi connectivity index (χ3n) is 5.33. The van der Waals surface area contributed by atoms with Gasteiger partial charge in [-0.2, -0.15) is 0 Å². The predicted molar refractivity (Wildman–Crippen MR) is 118 cm³/mol. The van der Waals surface area contributed by atoms with Crippen LogP contribution in [0.5, 0.6) is 5.75 Å². The highest BCUT2D eigenvalue weighted by molar-refractivity contribution is 5.79. The number of hydrogen-bond donors (Lipinski definition) is 1. The molecule has 0 spiro atoms. The summed E-state index contributed by atoms with van der Waals surface area (Å²) in [7, 11) is 2.10. The molecule has 1 N–H and O–H groups in total. The van der Waals surface area contributed by atoms with Crippen molar-refractivity contribution in [2.45, 2.75) is 40.3 Å². The Labute approximate surface area is 171 Å². The number of rotatable bonds is 9. The summed E-state index contributed by atoms with van der Waals surface area (Å²) in [4.78, 5) is 12.2. The van der Waals surface area contributed by atoms with Crippen LogP contribution >= 0.6 is 0 Å². The maximum Gasteiger partial charge on any atom is 0.194 e. The Morgan fingerprint density at radius 1 is 1.14 bits per heavy atom. The SMILES string of the molecule is CCNC(=NCC(C)N1CCN(CC)CC1)N(C)Cc1ccc(OCC)cc1. The summed E-state index contributed by atoms with van der Waals surface area (Å²) in [6.45, 7) is 17.6. The van der Waals surface area contributed by atoms with E-state index in [0.717, 1.165) is 51.0 Å². The molecule has 1 fully saturated rings. The van der Waals surface area contributed by atoms with Crippen LogP contribution < -0.4 is 10.1 Å².